The number of anilines is 2. The number of hydrogen-bond acceptors (Lipinski definition) is 9. The van der Waals surface area contributed by atoms with E-state index < -0.39 is 24.0 Å². The van der Waals surface area contributed by atoms with Gasteiger partial charge in [0.1, 0.15) is 17.8 Å². The molecular weight excluding hydrogens is 328 g/mol. The third kappa shape index (κ3) is 1.96. The first-order valence-electron chi connectivity index (χ1n) is 8.47. The second-order valence-electron chi connectivity index (χ2n) is 6.78. The summed E-state index contributed by atoms with van der Waals surface area (Å²) in [6.07, 6.45) is 1.10. The maximum absolute atomic E-state index is 10.5. The molecule has 10 heteroatoms. The molecule has 5 rings (SSSR count). The van der Waals surface area contributed by atoms with Crippen molar-refractivity contribution in [2.45, 2.75) is 36.9 Å². The Hall–Kier alpha value is -2.01. The quantitative estimate of drug-likeness (QED) is 0.641. The zero-order valence-electron chi connectivity index (χ0n) is 13.6. The maximum Gasteiger partial charge on any atom is 0.224 e. The SMILES string of the molecule is Nc1nc(N2CCC2)c2ncn(C3OC(CO)C(O)[C@]34CCO4)c2n1. The van der Waals surface area contributed by atoms with Crippen LogP contribution >= 0.6 is 0 Å². The molecule has 5 heterocycles. The number of nitrogens with zero attached hydrogens (tertiary/aromatic N) is 5. The first-order chi connectivity index (χ1) is 12.1. The summed E-state index contributed by atoms with van der Waals surface area (Å²) in [6, 6.07) is 0. The Labute approximate surface area is 143 Å². The number of fused-ring (bicyclic) bond motifs is 1. The van der Waals surface area contributed by atoms with Crippen LogP contribution in [0.15, 0.2) is 6.33 Å². The van der Waals surface area contributed by atoms with Gasteiger partial charge in [-0.25, -0.2) is 4.98 Å². The summed E-state index contributed by atoms with van der Waals surface area (Å²) in [6.45, 7) is 2.08. The number of aromatic nitrogens is 4. The largest absolute Gasteiger partial charge is 0.394 e. The Morgan fingerprint density at radius 2 is 2.16 bits per heavy atom. The van der Waals surface area contributed by atoms with Crippen molar-refractivity contribution in [3.63, 3.8) is 0 Å². The van der Waals surface area contributed by atoms with Gasteiger partial charge in [0.15, 0.2) is 23.2 Å². The Kier molecular flexibility index (Phi) is 3.20. The number of nitrogens with two attached hydrogens (primary N) is 1. The maximum atomic E-state index is 10.5. The highest BCUT2D eigenvalue weighted by Crippen LogP contribution is 2.49. The first kappa shape index (κ1) is 15.3. The Morgan fingerprint density at radius 1 is 1.36 bits per heavy atom. The molecule has 0 amide bonds. The molecule has 3 unspecified atom stereocenters. The second-order valence-corrected chi connectivity index (χ2v) is 6.78. The fourth-order valence-corrected chi connectivity index (χ4v) is 3.86. The summed E-state index contributed by atoms with van der Waals surface area (Å²) in [7, 11) is 0. The molecule has 10 nitrogen and oxygen atoms in total. The van der Waals surface area contributed by atoms with E-state index in [1.165, 1.54) is 0 Å². The lowest BCUT2D eigenvalue weighted by Gasteiger charge is -2.44. The van der Waals surface area contributed by atoms with Gasteiger partial charge in [0.2, 0.25) is 5.95 Å². The lowest BCUT2D eigenvalue weighted by atomic mass is 9.86. The van der Waals surface area contributed by atoms with Crippen LogP contribution in [0.25, 0.3) is 11.2 Å². The van der Waals surface area contributed by atoms with Gasteiger partial charge >= 0.3 is 0 Å². The first-order valence-corrected chi connectivity index (χ1v) is 8.47. The van der Waals surface area contributed by atoms with Gasteiger partial charge in [-0.15, -0.1) is 0 Å². The third-order valence-corrected chi connectivity index (χ3v) is 5.45. The molecule has 0 aromatic carbocycles. The van der Waals surface area contributed by atoms with Crippen molar-refractivity contribution in [3.8, 4) is 0 Å². The molecule has 3 fully saturated rings. The van der Waals surface area contributed by atoms with Gasteiger partial charge in [-0.2, -0.15) is 9.97 Å². The molecule has 4 N–H and O–H groups in total. The van der Waals surface area contributed by atoms with E-state index in [0.29, 0.717) is 30.0 Å². The molecule has 1 spiro atoms. The minimum atomic E-state index is -0.914. The minimum Gasteiger partial charge on any atom is -0.394 e. The van der Waals surface area contributed by atoms with E-state index >= 15 is 0 Å². The van der Waals surface area contributed by atoms with Crippen LogP contribution in [0.3, 0.4) is 0 Å². The molecule has 3 aliphatic heterocycles. The smallest absolute Gasteiger partial charge is 0.224 e. The van der Waals surface area contributed by atoms with Crippen molar-refractivity contribution in [2.75, 3.05) is 36.9 Å². The van der Waals surface area contributed by atoms with Crippen LogP contribution in [0.5, 0.6) is 0 Å². The summed E-state index contributed by atoms with van der Waals surface area (Å²) >= 11 is 0. The van der Waals surface area contributed by atoms with Crippen LogP contribution in [0.2, 0.25) is 0 Å². The van der Waals surface area contributed by atoms with Crippen molar-refractivity contribution < 1.29 is 19.7 Å². The predicted molar refractivity (Wildman–Crippen MR) is 86.9 cm³/mol. The van der Waals surface area contributed by atoms with E-state index in [9.17, 15) is 10.2 Å². The number of aliphatic hydroxyl groups excluding tert-OH is 2. The van der Waals surface area contributed by atoms with Crippen LogP contribution < -0.4 is 10.6 Å². The fraction of sp³-hybridized carbons (Fsp3) is 0.667. The molecular formula is C15H20N6O4. The van der Waals surface area contributed by atoms with Gasteiger partial charge in [-0.3, -0.25) is 4.57 Å². The van der Waals surface area contributed by atoms with Crippen LogP contribution in [-0.2, 0) is 9.47 Å². The van der Waals surface area contributed by atoms with Gasteiger partial charge in [-0.1, -0.05) is 0 Å². The minimum absolute atomic E-state index is 0.164. The lowest BCUT2D eigenvalue weighted by molar-refractivity contribution is -0.225. The standard InChI is InChI=1S/C15H20N6O4/c16-14-18-11(20-3-1-4-20)9-12(19-14)21(7-17-9)13-15(2-5-24-15)10(23)8(6-22)25-13/h7-8,10,13,22-23H,1-6H2,(H2,16,18,19)/t8?,10?,13?,15-/m1/s1. The number of rotatable bonds is 3. The number of hydrogen-bond donors (Lipinski definition) is 3. The molecule has 2 aromatic heterocycles. The van der Waals surface area contributed by atoms with Gasteiger partial charge in [0.05, 0.1) is 19.5 Å². The predicted octanol–water partition coefficient (Wildman–Crippen LogP) is -0.972. The van der Waals surface area contributed by atoms with Crippen molar-refractivity contribution in [1.29, 1.82) is 0 Å². The normalized spacial score (nSPS) is 34.5. The average molecular weight is 348 g/mol. The van der Waals surface area contributed by atoms with Crippen LogP contribution in [0.1, 0.15) is 19.1 Å². The molecule has 0 saturated carbocycles. The van der Waals surface area contributed by atoms with Crippen molar-refractivity contribution in [3.05, 3.63) is 6.33 Å². The summed E-state index contributed by atoms with van der Waals surface area (Å²) in [4.78, 5) is 15.3. The van der Waals surface area contributed by atoms with E-state index in [4.69, 9.17) is 15.2 Å². The highest BCUT2D eigenvalue weighted by molar-refractivity contribution is 5.85. The lowest BCUT2D eigenvalue weighted by Crippen LogP contribution is -2.56. The van der Waals surface area contributed by atoms with Gasteiger partial charge in [-0.05, 0) is 6.42 Å². The summed E-state index contributed by atoms with van der Waals surface area (Å²) in [5.74, 6) is 0.880. The zero-order chi connectivity index (χ0) is 17.2. The van der Waals surface area contributed by atoms with Crippen molar-refractivity contribution in [2.24, 2.45) is 0 Å². The highest BCUT2D eigenvalue weighted by atomic mass is 16.6. The monoisotopic (exact) mass is 348 g/mol. The van der Waals surface area contributed by atoms with E-state index in [1.807, 2.05) is 0 Å². The van der Waals surface area contributed by atoms with Crippen LogP contribution in [-0.4, -0.2) is 73.8 Å². The Morgan fingerprint density at radius 3 is 2.76 bits per heavy atom. The molecule has 2 aromatic rings. The Bertz CT molecular complexity index is 818. The Balaban J connectivity index is 1.62. The fourth-order valence-electron chi connectivity index (χ4n) is 3.86. The highest BCUT2D eigenvalue weighted by Gasteiger charge is 2.61. The van der Waals surface area contributed by atoms with E-state index in [-0.39, 0.29) is 12.6 Å². The second kappa shape index (κ2) is 5.24. The van der Waals surface area contributed by atoms with Crippen LogP contribution in [0, 0.1) is 0 Å². The summed E-state index contributed by atoms with van der Waals surface area (Å²) < 4.78 is 13.4. The number of imidazole rings is 1. The van der Waals surface area contributed by atoms with Crippen LogP contribution in [0.4, 0.5) is 11.8 Å². The van der Waals surface area contributed by atoms with E-state index in [1.54, 1.807) is 10.9 Å². The summed E-state index contributed by atoms with van der Waals surface area (Å²) in [5, 5.41) is 20.0. The molecule has 3 aliphatic rings. The van der Waals surface area contributed by atoms with Gasteiger partial charge < -0.3 is 30.3 Å². The topological polar surface area (TPSA) is 132 Å². The summed E-state index contributed by atoms with van der Waals surface area (Å²) in [5.41, 5.74) is 6.21. The number of nitrogen functional groups attached to an aromatic ring is 1. The third-order valence-electron chi connectivity index (χ3n) is 5.45. The molecule has 0 bridgehead atoms. The molecule has 134 valence electrons. The number of ether oxygens (including phenoxy) is 2. The molecule has 3 saturated heterocycles. The molecule has 25 heavy (non-hydrogen) atoms. The van der Waals surface area contributed by atoms with Crippen molar-refractivity contribution in [1.82, 2.24) is 19.5 Å². The molecule has 4 atom stereocenters. The van der Waals surface area contributed by atoms with E-state index in [0.717, 1.165) is 19.5 Å². The molecule has 0 aliphatic carbocycles. The van der Waals surface area contributed by atoms with Crippen molar-refractivity contribution >= 4 is 22.9 Å². The number of aliphatic hydroxyl groups is 2. The van der Waals surface area contributed by atoms with Gasteiger partial charge in [0.25, 0.3) is 0 Å². The molecule has 0 radical (unpaired) electrons. The van der Waals surface area contributed by atoms with E-state index in [2.05, 4.69) is 19.9 Å². The zero-order valence-corrected chi connectivity index (χ0v) is 13.6. The average Bonchev–Trinajstić information content (AvgIpc) is 3.03. The van der Waals surface area contributed by atoms with Gasteiger partial charge in [0, 0.05) is 19.5 Å².